The molecule has 0 fully saturated rings. The summed E-state index contributed by atoms with van der Waals surface area (Å²) >= 11 is 0. The molecule has 132 valence electrons. The molecule has 25 heavy (non-hydrogen) atoms. The van der Waals surface area contributed by atoms with Crippen molar-refractivity contribution in [2.45, 2.75) is 6.42 Å². The van der Waals surface area contributed by atoms with Crippen LogP contribution in [0.15, 0.2) is 47.4 Å². The van der Waals surface area contributed by atoms with E-state index < -0.39 is 23.4 Å². The van der Waals surface area contributed by atoms with Gasteiger partial charge in [0.2, 0.25) is 0 Å². The van der Waals surface area contributed by atoms with Gasteiger partial charge in [-0.05, 0) is 30.2 Å². The van der Waals surface area contributed by atoms with Gasteiger partial charge in [0.05, 0.1) is 13.0 Å². The summed E-state index contributed by atoms with van der Waals surface area (Å²) < 4.78 is 6.52. The van der Waals surface area contributed by atoms with Crippen molar-refractivity contribution in [2.75, 3.05) is 13.7 Å². The van der Waals surface area contributed by atoms with Gasteiger partial charge in [0.25, 0.3) is 11.5 Å². The van der Waals surface area contributed by atoms with Crippen LogP contribution in [0.3, 0.4) is 0 Å². The first kappa shape index (κ1) is 18.3. The van der Waals surface area contributed by atoms with Crippen LogP contribution in [0.25, 0.3) is 0 Å². The quantitative estimate of drug-likeness (QED) is 0.783. The maximum Gasteiger partial charge on any atom is 0.308 e. The van der Waals surface area contributed by atoms with E-state index in [0.29, 0.717) is 5.75 Å². The highest BCUT2D eigenvalue weighted by atomic mass is 16.5. The van der Waals surface area contributed by atoms with Gasteiger partial charge in [-0.3, -0.25) is 14.4 Å². The monoisotopic (exact) mass is 344 g/mol. The van der Waals surface area contributed by atoms with Crippen molar-refractivity contribution < 1.29 is 19.4 Å². The maximum atomic E-state index is 12.2. The van der Waals surface area contributed by atoms with Gasteiger partial charge in [0.15, 0.2) is 0 Å². The number of carbonyl (C=O) groups excluding carboxylic acids is 1. The third-order valence-electron chi connectivity index (χ3n) is 3.89. The van der Waals surface area contributed by atoms with Crippen LogP contribution in [0.4, 0.5) is 0 Å². The number of amides is 1. The fourth-order valence-electron chi connectivity index (χ4n) is 2.47. The summed E-state index contributed by atoms with van der Waals surface area (Å²) in [7, 11) is 3.06. The Hall–Kier alpha value is -3.09. The second-order valence-corrected chi connectivity index (χ2v) is 5.60. The summed E-state index contributed by atoms with van der Waals surface area (Å²) in [6.07, 6.45) is 1.74. The first-order chi connectivity index (χ1) is 11.9. The average Bonchev–Trinajstić information content (AvgIpc) is 2.60. The summed E-state index contributed by atoms with van der Waals surface area (Å²) in [6.45, 7) is -0.0930. The third kappa shape index (κ3) is 4.47. The van der Waals surface area contributed by atoms with Crippen LogP contribution in [0, 0.1) is 5.92 Å². The minimum atomic E-state index is -1.04. The van der Waals surface area contributed by atoms with Crippen LogP contribution in [0.1, 0.15) is 15.9 Å². The van der Waals surface area contributed by atoms with E-state index in [4.69, 9.17) is 4.74 Å². The molecular formula is C18H20N2O5. The van der Waals surface area contributed by atoms with E-state index in [1.54, 1.807) is 43.6 Å². The number of nitrogens with one attached hydrogen (secondary N) is 1. The van der Waals surface area contributed by atoms with E-state index in [2.05, 4.69) is 5.32 Å². The fourth-order valence-corrected chi connectivity index (χ4v) is 2.47. The number of rotatable bonds is 7. The molecule has 0 saturated heterocycles. The van der Waals surface area contributed by atoms with Gasteiger partial charge in [-0.2, -0.15) is 0 Å². The van der Waals surface area contributed by atoms with Crippen molar-refractivity contribution in [3.63, 3.8) is 0 Å². The lowest BCUT2D eigenvalue weighted by Gasteiger charge is -2.15. The molecule has 0 aliphatic carbocycles. The molecule has 0 radical (unpaired) electrons. The normalized spacial score (nSPS) is 11.6. The summed E-state index contributed by atoms with van der Waals surface area (Å²) in [5, 5.41) is 12.0. The highest BCUT2D eigenvalue weighted by Crippen LogP contribution is 2.21. The minimum Gasteiger partial charge on any atom is -0.496 e. The number of aromatic nitrogens is 1. The SMILES string of the molecule is COc1ccccc1CC(CNC(=O)c1cccn(C)c1=O)C(=O)O. The molecule has 0 saturated carbocycles. The molecule has 1 aromatic heterocycles. The number of methoxy groups -OCH3 is 1. The lowest BCUT2D eigenvalue weighted by atomic mass is 9.98. The zero-order valence-electron chi connectivity index (χ0n) is 14.1. The van der Waals surface area contributed by atoms with Crippen molar-refractivity contribution in [2.24, 2.45) is 13.0 Å². The number of aliphatic carboxylic acids is 1. The van der Waals surface area contributed by atoms with Gasteiger partial charge in [-0.1, -0.05) is 18.2 Å². The summed E-state index contributed by atoms with van der Waals surface area (Å²) in [4.78, 5) is 35.6. The smallest absolute Gasteiger partial charge is 0.308 e. The molecule has 1 heterocycles. The Balaban J connectivity index is 2.09. The standard InChI is InChI=1S/C18H20N2O5/c1-20-9-5-7-14(17(20)22)16(21)19-11-13(18(23)24)10-12-6-3-4-8-15(12)25-2/h3-9,13H,10-11H2,1-2H3,(H,19,21)(H,23,24). The largest absolute Gasteiger partial charge is 0.496 e. The van der Waals surface area contributed by atoms with Crippen LogP contribution < -0.4 is 15.6 Å². The predicted molar refractivity (Wildman–Crippen MR) is 91.8 cm³/mol. The Morgan fingerprint density at radius 3 is 2.64 bits per heavy atom. The molecular weight excluding hydrogens is 324 g/mol. The lowest BCUT2D eigenvalue weighted by molar-refractivity contribution is -0.141. The molecule has 0 spiro atoms. The Labute approximate surface area is 144 Å². The Kier molecular flexibility index (Phi) is 5.94. The first-order valence-electron chi connectivity index (χ1n) is 7.72. The van der Waals surface area contributed by atoms with Gasteiger partial charge in [0.1, 0.15) is 11.3 Å². The number of para-hydroxylation sites is 1. The van der Waals surface area contributed by atoms with E-state index in [9.17, 15) is 19.5 Å². The molecule has 1 atom stereocenters. The molecule has 0 bridgehead atoms. The van der Waals surface area contributed by atoms with E-state index in [1.807, 2.05) is 0 Å². The zero-order valence-corrected chi connectivity index (χ0v) is 14.1. The van der Waals surface area contributed by atoms with Crippen molar-refractivity contribution in [3.05, 3.63) is 64.1 Å². The van der Waals surface area contributed by atoms with E-state index >= 15 is 0 Å². The number of carbonyl (C=O) groups is 2. The number of hydrogen-bond donors (Lipinski definition) is 2. The number of nitrogens with zero attached hydrogens (tertiary/aromatic N) is 1. The summed E-state index contributed by atoms with van der Waals surface area (Å²) in [5.41, 5.74) is 0.283. The second kappa shape index (κ2) is 8.14. The molecule has 2 N–H and O–H groups in total. The Morgan fingerprint density at radius 1 is 1.24 bits per heavy atom. The molecule has 2 rings (SSSR count). The van der Waals surface area contributed by atoms with Gasteiger partial charge < -0.3 is 19.7 Å². The molecule has 2 aromatic rings. The molecule has 0 aliphatic heterocycles. The fraction of sp³-hybridized carbons (Fsp3) is 0.278. The number of pyridine rings is 1. The van der Waals surface area contributed by atoms with Crippen molar-refractivity contribution >= 4 is 11.9 Å². The van der Waals surface area contributed by atoms with Crippen molar-refractivity contribution in [1.29, 1.82) is 0 Å². The van der Waals surface area contributed by atoms with Gasteiger partial charge >= 0.3 is 5.97 Å². The maximum absolute atomic E-state index is 12.2. The molecule has 7 heteroatoms. The number of benzene rings is 1. The first-order valence-corrected chi connectivity index (χ1v) is 7.72. The van der Waals surface area contributed by atoms with E-state index in [1.165, 1.54) is 17.7 Å². The molecule has 1 aromatic carbocycles. The van der Waals surface area contributed by atoms with Gasteiger partial charge in [-0.15, -0.1) is 0 Å². The van der Waals surface area contributed by atoms with Crippen LogP contribution in [-0.2, 0) is 18.3 Å². The minimum absolute atomic E-state index is 0.0218. The average molecular weight is 344 g/mol. The third-order valence-corrected chi connectivity index (χ3v) is 3.89. The summed E-state index contributed by atoms with van der Waals surface area (Å²) in [6, 6.07) is 10.1. The molecule has 7 nitrogen and oxygen atoms in total. The summed E-state index contributed by atoms with van der Waals surface area (Å²) in [5.74, 6) is -1.87. The van der Waals surface area contributed by atoms with E-state index in [-0.39, 0.29) is 18.5 Å². The van der Waals surface area contributed by atoms with Crippen LogP contribution in [0.2, 0.25) is 0 Å². The van der Waals surface area contributed by atoms with Crippen LogP contribution in [-0.4, -0.2) is 35.2 Å². The highest BCUT2D eigenvalue weighted by Gasteiger charge is 2.21. The second-order valence-electron chi connectivity index (χ2n) is 5.60. The van der Waals surface area contributed by atoms with Crippen LogP contribution >= 0.6 is 0 Å². The molecule has 1 amide bonds. The Morgan fingerprint density at radius 2 is 1.96 bits per heavy atom. The van der Waals surface area contributed by atoms with Crippen LogP contribution in [0.5, 0.6) is 5.75 Å². The number of ether oxygens (including phenoxy) is 1. The van der Waals surface area contributed by atoms with E-state index in [0.717, 1.165) is 5.56 Å². The van der Waals surface area contributed by atoms with Gasteiger partial charge in [0, 0.05) is 19.8 Å². The predicted octanol–water partition coefficient (Wildman–Crippen LogP) is 1.07. The molecule has 1 unspecified atom stereocenters. The number of carboxylic acid groups (broad SMARTS) is 1. The van der Waals surface area contributed by atoms with Crippen molar-refractivity contribution in [1.82, 2.24) is 9.88 Å². The molecule has 0 aliphatic rings. The topological polar surface area (TPSA) is 97.6 Å². The highest BCUT2D eigenvalue weighted by molar-refractivity contribution is 5.94. The number of aryl methyl sites for hydroxylation is 1. The zero-order chi connectivity index (χ0) is 18.4. The van der Waals surface area contributed by atoms with Gasteiger partial charge in [-0.25, -0.2) is 0 Å². The number of hydrogen-bond acceptors (Lipinski definition) is 4. The lowest BCUT2D eigenvalue weighted by Crippen LogP contribution is -2.37. The Bertz CT molecular complexity index is 828. The number of carboxylic acids is 1. The van der Waals surface area contributed by atoms with Crippen molar-refractivity contribution in [3.8, 4) is 5.75 Å².